The van der Waals surface area contributed by atoms with E-state index in [1.54, 1.807) is 25.0 Å². The van der Waals surface area contributed by atoms with Gasteiger partial charge in [-0.2, -0.15) is 20.1 Å². The Kier molecular flexibility index (Phi) is 4.53. The van der Waals surface area contributed by atoms with Crippen molar-refractivity contribution in [1.82, 2.24) is 24.7 Å². The van der Waals surface area contributed by atoms with Crippen LogP contribution in [-0.2, 0) is 7.05 Å². The number of ether oxygens (including phenoxy) is 2. The second-order valence-electron chi connectivity index (χ2n) is 3.84. The van der Waals surface area contributed by atoms with E-state index in [2.05, 4.69) is 30.7 Å². The van der Waals surface area contributed by atoms with Gasteiger partial charge in [0, 0.05) is 20.1 Å². The highest BCUT2D eigenvalue weighted by Crippen LogP contribution is 2.16. The van der Waals surface area contributed by atoms with Crippen molar-refractivity contribution in [2.24, 2.45) is 7.05 Å². The Balaban J connectivity index is 1.86. The number of anilines is 2. The molecule has 0 aliphatic carbocycles. The number of hydrogen-bond acceptors (Lipinski definition) is 8. The molecule has 9 nitrogen and oxygen atoms in total. The maximum absolute atomic E-state index is 5.07. The zero-order valence-electron chi connectivity index (χ0n) is 11.6. The highest BCUT2D eigenvalue weighted by molar-refractivity contribution is 5.34. The lowest BCUT2D eigenvalue weighted by molar-refractivity contribution is 0.373. The van der Waals surface area contributed by atoms with Crippen molar-refractivity contribution in [3.63, 3.8) is 0 Å². The fourth-order valence-corrected chi connectivity index (χ4v) is 1.50. The minimum absolute atomic E-state index is 0.445. The van der Waals surface area contributed by atoms with Gasteiger partial charge in [0.25, 0.3) is 0 Å². The fourth-order valence-electron chi connectivity index (χ4n) is 1.50. The maximum Gasteiger partial charge on any atom is 0.229 e. The third-order valence-corrected chi connectivity index (χ3v) is 2.50. The van der Waals surface area contributed by atoms with Crippen LogP contribution in [0.15, 0.2) is 12.4 Å². The molecular weight excluding hydrogens is 262 g/mol. The Bertz CT molecular complexity index is 535. The Hall–Kier alpha value is -2.58. The number of aromatic nitrogens is 5. The molecule has 0 bridgehead atoms. The third kappa shape index (κ3) is 3.46. The first kappa shape index (κ1) is 13.8. The summed E-state index contributed by atoms with van der Waals surface area (Å²) in [5.41, 5.74) is 0. The number of hydrogen-bond donors (Lipinski definition) is 2. The predicted molar refractivity (Wildman–Crippen MR) is 73.1 cm³/mol. The van der Waals surface area contributed by atoms with E-state index >= 15 is 0 Å². The fraction of sp³-hybridized carbons (Fsp3) is 0.455. The van der Waals surface area contributed by atoms with E-state index < -0.39 is 0 Å². The highest BCUT2D eigenvalue weighted by atomic mass is 16.5. The molecule has 0 saturated carbocycles. The first-order chi connectivity index (χ1) is 9.72. The molecular formula is C11H17N7O2. The van der Waals surface area contributed by atoms with Crippen LogP contribution < -0.4 is 20.1 Å². The molecule has 0 saturated heterocycles. The number of methoxy groups -OCH3 is 2. The van der Waals surface area contributed by atoms with Crippen LogP contribution in [0.25, 0.3) is 0 Å². The Morgan fingerprint density at radius 1 is 1.10 bits per heavy atom. The van der Waals surface area contributed by atoms with Gasteiger partial charge in [0.05, 0.1) is 20.3 Å². The number of rotatable bonds is 7. The molecule has 0 atom stereocenters. The summed E-state index contributed by atoms with van der Waals surface area (Å²) in [5.74, 6) is 2.04. The third-order valence-electron chi connectivity index (χ3n) is 2.50. The summed E-state index contributed by atoms with van der Waals surface area (Å²) in [6.07, 6.45) is 1.49. The average molecular weight is 279 g/mol. The van der Waals surface area contributed by atoms with Gasteiger partial charge in [0.1, 0.15) is 6.33 Å². The maximum atomic E-state index is 5.07. The molecule has 0 aliphatic rings. The lowest BCUT2D eigenvalue weighted by Crippen LogP contribution is -2.17. The van der Waals surface area contributed by atoms with Crippen LogP contribution >= 0.6 is 0 Å². The molecule has 2 N–H and O–H groups in total. The van der Waals surface area contributed by atoms with E-state index in [9.17, 15) is 0 Å². The summed E-state index contributed by atoms with van der Waals surface area (Å²) in [6, 6.07) is 1.61. The predicted octanol–water partition coefficient (Wildman–Crippen LogP) is 0.146. The van der Waals surface area contributed by atoms with E-state index in [0.29, 0.717) is 36.7 Å². The van der Waals surface area contributed by atoms with Crippen molar-refractivity contribution in [3.8, 4) is 11.8 Å². The molecule has 0 radical (unpaired) electrons. The van der Waals surface area contributed by atoms with Gasteiger partial charge >= 0.3 is 0 Å². The SMILES string of the molecule is COc1cc(OC)nc(NCCNc2ncnn2C)n1. The first-order valence-electron chi connectivity index (χ1n) is 6.01. The van der Waals surface area contributed by atoms with Crippen LogP contribution in [0.4, 0.5) is 11.9 Å². The number of aryl methyl sites for hydroxylation is 1. The molecule has 0 aromatic carbocycles. The summed E-state index contributed by atoms with van der Waals surface area (Å²) < 4.78 is 11.8. The van der Waals surface area contributed by atoms with E-state index in [-0.39, 0.29) is 0 Å². The molecule has 0 spiro atoms. The molecule has 0 amide bonds. The topological polar surface area (TPSA) is 99.0 Å². The van der Waals surface area contributed by atoms with Gasteiger partial charge in [-0.1, -0.05) is 0 Å². The van der Waals surface area contributed by atoms with Crippen LogP contribution in [0.1, 0.15) is 0 Å². The molecule has 2 heterocycles. The van der Waals surface area contributed by atoms with E-state index in [0.717, 1.165) is 0 Å². The van der Waals surface area contributed by atoms with Crippen LogP contribution in [0, 0.1) is 0 Å². The minimum Gasteiger partial charge on any atom is -0.481 e. The average Bonchev–Trinajstić information content (AvgIpc) is 2.88. The molecule has 2 rings (SSSR count). The van der Waals surface area contributed by atoms with Gasteiger partial charge < -0.3 is 20.1 Å². The number of nitrogens with zero attached hydrogens (tertiary/aromatic N) is 5. The molecule has 0 aliphatic heterocycles. The first-order valence-corrected chi connectivity index (χ1v) is 6.01. The number of nitrogens with one attached hydrogen (secondary N) is 2. The van der Waals surface area contributed by atoms with Crippen LogP contribution in [-0.4, -0.2) is 52.0 Å². The quantitative estimate of drug-likeness (QED) is 0.691. The summed E-state index contributed by atoms with van der Waals surface area (Å²) in [5, 5.41) is 10.2. The lowest BCUT2D eigenvalue weighted by Gasteiger charge is -2.09. The Labute approximate surface area is 116 Å². The van der Waals surface area contributed by atoms with Crippen molar-refractivity contribution in [2.75, 3.05) is 37.9 Å². The van der Waals surface area contributed by atoms with Crippen LogP contribution in [0.2, 0.25) is 0 Å². The lowest BCUT2D eigenvalue weighted by atomic mass is 10.5. The smallest absolute Gasteiger partial charge is 0.229 e. The molecule has 108 valence electrons. The largest absolute Gasteiger partial charge is 0.481 e. The van der Waals surface area contributed by atoms with Crippen LogP contribution in [0.5, 0.6) is 11.8 Å². The van der Waals surface area contributed by atoms with E-state index in [1.807, 2.05) is 7.05 Å². The van der Waals surface area contributed by atoms with E-state index in [1.165, 1.54) is 6.33 Å². The van der Waals surface area contributed by atoms with Gasteiger partial charge in [0.2, 0.25) is 23.7 Å². The molecule has 9 heteroatoms. The second-order valence-corrected chi connectivity index (χ2v) is 3.84. The summed E-state index contributed by atoms with van der Waals surface area (Å²) in [4.78, 5) is 12.4. The standard InChI is InChI=1S/C11H17N7O2/c1-18-11(14-7-15-18)13-5-4-12-10-16-8(19-2)6-9(17-10)20-3/h6-7H,4-5H2,1-3H3,(H,12,16,17)(H,13,14,15). The van der Waals surface area contributed by atoms with Gasteiger partial charge in [-0.25, -0.2) is 4.68 Å². The van der Waals surface area contributed by atoms with E-state index in [4.69, 9.17) is 9.47 Å². The van der Waals surface area contributed by atoms with Crippen molar-refractivity contribution < 1.29 is 9.47 Å². The molecule has 0 unspecified atom stereocenters. The van der Waals surface area contributed by atoms with Gasteiger partial charge in [0.15, 0.2) is 0 Å². The minimum atomic E-state index is 0.445. The molecule has 2 aromatic heterocycles. The summed E-state index contributed by atoms with van der Waals surface area (Å²) in [6.45, 7) is 1.26. The van der Waals surface area contributed by atoms with Gasteiger partial charge in [-0.15, -0.1) is 0 Å². The van der Waals surface area contributed by atoms with Gasteiger partial charge in [-0.3, -0.25) is 0 Å². The van der Waals surface area contributed by atoms with Crippen molar-refractivity contribution in [3.05, 3.63) is 12.4 Å². The highest BCUT2D eigenvalue weighted by Gasteiger charge is 2.05. The summed E-state index contributed by atoms with van der Waals surface area (Å²) >= 11 is 0. The normalized spacial score (nSPS) is 10.2. The zero-order valence-corrected chi connectivity index (χ0v) is 11.6. The van der Waals surface area contributed by atoms with Crippen LogP contribution in [0.3, 0.4) is 0 Å². The second kappa shape index (κ2) is 6.55. The molecule has 20 heavy (non-hydrogen) atoms. The molecule has 0 fully saturated rings. The zero-order chi connectivity index (χ0) is 14.4. The van der Waals surface area contributed by atoms with Crippen molar-refractivity contribution in [1.29, 1.82) is 0 Å². The van der Waals surface area contributed by atoms with Crippen molar-refractivity contribution >= 4 is 11.9 Å². The monoisotopic (exact) mass is 279 g/mol. The van der Waals surface area contributed by atoms with Crippen molar-refractivity contribution in [2.45, 2.75) is 0 Å². The Morgan fingerprint density at radius 3 is 2.30 bits per heavy atom. The summed E-state index contributed by atoms with van der Waals surface area (Å²) in [7, 11) is 4.90. The molecule has 2 aromatic rings. The Morgan fingerprint density at radius 2 is 1.75 bits per heavy atom. The van der Waals surface area contributed by atoms with Gasteiger partial charge in [-0.05, 0) is 0 Å².